The molecular weight excluding hydrogens is 245 g/mol. The van der Waals surface area contributed by atoms with Gasteiger partial charge in [-0.25, -0.2) is 9.18 Å². The van der Waals surface area contributed by atoms with Gasteiger partial charge in [-0.1, -0.05) is 13.0 Å². The minimum Gasteiger partial charge on any atom is -0.467 e. The number of rotatable bonds is 4. The second-order valence-electron chi connectivity index (χ2n) is 5.15. The molecule has 2 atom stereocenters. The molecule has 0 radical (unpaired) electrons. The number of hydrogen-bond acceptors (Lipinski definition) is 3. The fourth-order valence-corrected chi connectivity index (χ4v) is 2.76. The van der Waals surface area contributed by atoms with Crippen molar-refractivity contribution in [2.75, 3.05) is 7.11 Å². The molecule has 0 heterocycles. The second kappa shape index (κ2) is 5.29. The van der Waals surface area contributed by atoms with Crippen molar-refractivity contribution in [1.29, 1.82) is 0 Å². The SMILES string of the molecule is CCC(C)NC1(C(=O)OC)CCc2cc(F)ccc21. The molecule has 2 unspecified atom stereocenters. The number of fused-ring (bicyclic) bond motifs is 1. The molecule has 1 aliphatic carbocycles. The van der Waals surface area contributed by atoms with Crippen LogP contribution in [0.2, 0.25) is 0 Å². The molecule has 0 fully saturated rings. The summed E-state index contributed by atoms with van der Waals surface area (Å²) in [5, 5.41) is 3.37. The first kappa shape index (κ1) is 14.0. The van der Waals surface area contributed by atoms with Gasteiger partial charge in [-0.05, 0) is 49.4 Å². The van der Waals surface area contributed by atoms with Crippen LogP contribution in [0.25, 0.3) is 0 Å². The van der Waals surface area contributed by atoms with Crippen molar-refractivity contribution >= 4 is 5.97 Å². The Bertz CT molecular complexity index is 489. The molecule has 0 amide bonds. The zero-order valence-electron chi connectivity index (χ0n) is 11.6. The van der Waals surface area contributed by atoms with Gasteiger partial charge in [0.25, 0.3) is 0 Å². The molecule has 2 rings (SSSR count). The minimum atomic E-state index is -0.826. The minimum absolute atomic E-state index is 0.190. The summed E-state index contributed by atoms with van der Waals surface area (Å²) in [6.07, 6.45) is 2.21. The summed E-state index contributed by atoms with van der Waals surface area (Å²) in [7, 11) is 1.39. The molecule has 4 heteroatoms. The Morgan fingerprint density at radius 2 is 2.32 bits per heavy atom. The van der Waals surface area contributed by atoms with Gasteiger partial charge in [0.15, 0.2) is 0 Å². The van der Waals surface area contributed by atoms with Gasteiger partial charge in [0, 0.05) is 6.04 Å². The molecule has 104 valence electrons. The van der Waals surface area contributed by atoms with E-state index in [2.05, 4.69) is 12.2 Å². The summed E-state index contributed by atoms with van der Waals surface area (Å²) in [6.45, 7) is 4.09. The predicted molar refractivity (Wildman–Crippen MR) is 71.3 cm³/mol. The summed E-state index contributed by atoms with van der Waals surface area (Å²) in [5.41, 5.74) is 0.912. The van der Waals surface area contributed by atoms with Crippen LogP contribution in [0.1, 0.15) is 37.8 Å². The van der Waals surface area contributed by atoms with Gasteiger partial charge in [-0.15, -0.1) is 0 Å². The van der Waals surface area contributed by atoms with Crippen LogP contribution in [0, 0.1) is 5.82 Å². The maximum absolute atomic E-state index is 13.3. The van der Waals surface area contributed by atoms with Gasteiger partial charge >= 0.3 is 5.97 Å². The van der Waals surface area contributed by atoms with E-state index in [1.165, 1.54) is 19.2 Å². The topological polar surface area (TPSA) is 38.3 Å². The van der Waals surface area contributed by atoms with Gasteiger partial charge in [0.2, 0.25) is 0 Å². The van der Waals surface area contributed by atoms with Crippen LogP contribution in [0.4, 0.5) is 4.39 Å². The number of hydrogen-bond donors (Lipinski definition) is 1. The van der Waals surface area contributed by atoms with E-state index in [9.17, 15) is 9.18 Å². The van der Waals surface area contributed by atoms with Crippen LogP contribution in [0.3, 0.4) is 0 Å². The first-order valence-electron chi connectivity index (χ1n) is 6.68. The van der Waals surface area contributed by atoms with Crippen LogP contribution in [-0.2, 0) is 21.5 Å². The third-order valence-corrected chi connectivity index (χ3v) is 3.94. The molecule has 0 aromatic heterocycles. The molecule has 1 aromatic rings. The van der Waals surface area contributed by atoms with E-state index in [0.717, 1.165) is 17.5 Å². The van der Waals surface area contributed by atoms with Crippen LogP contribution >= 0.6 is 0 Å². The quantitative estimate of drug-likeness (QED) is 0.850. The summed E-state index contributed by atoms with van der Waals surface area (Å²) in [4.78, 5) is 12.3. The molecule has 1 aromatic carbocycles. The highest BCUT2D eigenvalue weighted by molar-refractivity contribution is 5.84. The third kappa shape index (κ3) is 2.37. The number of benzene rings is 1. The van der Waals surface area contributed by atoms with Crippen molar-refractivity contribution < 1.29 is 13.9 Å². The van der Waals surface area contributed by atoms with Gasteiger partial charge < -0.3 is 4.74 Å². The zero-order chi connectivity index (χ0) is 14.0. The highest BCUT2D eigenvalue weighted by Gasteiger charge is 2.46. The molecule has 0 aliphatic heterocycles. The lowest BCUT2D eigenvalue weighted by molar-refractivity contribution is -0.149. The lowest BCUT2D eigenvalue weighted by atomic mass is 9.90. The van der Waals surface area contributed by atoms with E-state index in [4.69, 9.17) is 4.74 Å². The molecule has 1 aliphatic rings. The molecule has 0 bridgehead atoms. The van der Waals surface area contributed by atoms with E-state index in [1.807, 2.05) is 6.92 Å². The summed E-state index contributed by atoms with van der Waals surface area (Å²) < 4.78 is 18.3. The van der Waals surface area contributed by atoms with Crippen molar-refractivity contribution in [2.45, 2.75) is 44.7 Å². The molecule has 1 N–H and O–H groups in total. The largest absolute Gasteiger partial charge is 0.467 e. The van der Waals surface area contributed by atoms with Gasteiger partial charge in [-0.2, -0.15) is 0 Å². The van der Waals surface area contributed by atoms with E-state index in [0.29, 0.717) is 12.8 Å². The Morgan fingerprint density at radius 1 is 1.58 bits per heavy atom. The molecule has 0 saturated carbocycles. The smallest absolute Gasteiger partial charge is 0.330 e. The molecular formula is C15H20FNO2. The first-order valence-corrected chi connectivity index (χ1v) is 6.68. The van der Waals surface area contributed by atoms with E-state index in [-0.39, 0.29) is 17.8 Å². The highest BCUT2D eigenvalue weighted by atomic mass is 19.1. The lowest BCUT2D eigenvalue weighted by Crippen LogP contribution is -2.51. The third-order valence-electron chi connectivity index (χ3n) is 3.94. The van der Waals surface area contributed by atoms with Gasteiger partial charge in [0.05, 0.1) is 7.11 Å². The number of halogens is 1. The lowest BCUT2D eigenvalue weighted by Gasteiger charge is -2.31. The molecule has 19 heavy (non-hydrogen) atoms. The van der Waals surface area contributed by atoms with E-state index in [1.54, 1.807) is 6.07 Å². The predicted octanol–water partition coefficient (Wildman–Crippen LogP) is 2.53. The summed E-state index contributed by atoms with van der Waals surface area (Å²) in [6, 6.07) is 4.80. The monoisotopic (exact) mass is 265 g/mol. The van der Waals surface area contributed by atoms with Crippen LogP contribution < -0.4 is 5.32 Å². The normalized spacial score (nSPS) is 22.9. The van der Waals surface area contributed by atoms with Crippen molar-refractivity contribution in [3.63, 3.8) is 0 Å². The zero-order valence-corrected chi connectivity index (χ0v) is 11.6. The average molecular weight is 265 g/mol. The van der Waals surface area contributed by atoms with Gasteiger partial charge in [-0.3, -0.25) is 5.32 Å². The number of esters is 1. The Balaban J connectivity index is 2.45. The fraction of sp³-hybridized carbons (Fsp3) is 0.533. The van der Waals surface area contributed by atoms with Crippen molar-refractivity contribution in [2.24, 2.45) is 0 Å². The maximum atomic E-state index is 13.3. The Hall–Kier alpha value is -1.42. The molecule has 0 spiro atoms. The number of nitrogens with one attached hydrogen (secondary N) is 1. The number of carbonyl (C=O) groups excluding carboxylic acids is 1. The number of ether oxygens (including phenoxy) is 1. The van der Waals surface area contributed by atoms with Crippen LogP contribution in [0.5, 0.6) is 0 Å². The summed E-state index contributed by atoms with van der Waals surface area (Å²) in [5.74, 6) is -0.555. The maximum Gasteiger partial charge on any atom is 0.330 e. The first-order chi connectivity index (χ1) is 9.03. The Kier molecular flexibility index (Phi) is 3.90. The molecule has 0 saturated heterocycles. The van der Waals surface area contributed by atoms with Crippen LogP contribution in [0.15, 0.2) is 18.2 Å². The Labute approximate surface area is 113 Å². The molecule has 3 nitrogen and oxygen atoms in total. The number of aryl methyl sites for hydroxylation is 1. The van der Waals surface area contributed by atoms with Crippen molar-refractivity contribution in [3.05, 3.63) is 35.1 Å². The van der Waals surface area contributed by atoms with Crippen molar-refractivity contribution in [1.82, 2.24) is 5.32 Å². The van der Waals surface area contributed by atoms with E-state index < -0.39 is 5.54 Å². The number of methoxy groups -OCH3 is 1. The van der Waals surface area contributed by atoms with Crippen molar-refractivity contribution in [3.8, 4) is 0 Å². The standard InChI is InChI=1S/C15H20FNO2/c1-4-10(2)17-15(14(18)19-3)8-7-11-9-12(16)5-6-13(11)15/h5-6,9-10,17H,4,7-8H2,1-3H3. The van der Waals surface area contributed by atoms with Gasteiger partial charge in [0.1, 0.15) is 11.4 Å². The average Bonchev–Trinajstić information content (AvgIpc) is 2.76. The fourth-order valence-electron chi connectivity index (χ4n) is 2.76. The number of carbonyl (C=O) groups is 1. The highest BCUT2D eigenvalue weighted by Crippen LogP contribution is 2.38. The van der Waals surface area contributed by atoms with E-state index >= 15 is 0 Å². The Morgan fingerprint density at radius 3 is 2.95 bits per heavy atom. The summed E-state index contributed by atoms with van der Waals surface area (Å²) >= 11 is 0. The second-order valence-corrected chi connectivity index (χ2v) is 5.15. The van der Waals surface area contributed by atoms with Crippen LogP contribution in [-0.4, -0.2) is 19.1 Å².